The fourth-order valence-corrected chi connectivity index (χ4v) is 3.91. The summed E-state index contributed by atoms with van der Waals surface area (Å²) in [4.78, 5) is 11.4. The number of carbonyl (C=O) groups is 1. The van der Waals surface area contributed by atoms with Crippen LogP contribution < -0.4 is 0 Å². The average molecular weight is 459 g/mol. The van der Waals surface area contributed by atoms with Crippen molar-refractivity contribution in [2.75, 3.05) is 26.4 Å². The Bertz CT molecular complexity index is 957. The van der Waals surface area contributed by atoms with Crippen molar-refractivity contribution in [3.8, 4) is 0 Å². The molecule has 0 unspecified atom stereocenters. The normalized spacial score (nSPS) is 11.8. The predicted octanol–water partition coefficient (Wildman–Crippen LogP) is 2.57. The number of aryl methyl sites for hydroxylation is 2. The summed E-state index contributed by atoms with van der Waals surface area (Å²) >= 11 is 0. The Morgan fingerprint density at radius 3 is 1.30 bits per heavy atom. The van der Waals surface area contributed by atoms with Crippen molar-refractivity contribution in [1.82, 2.24) is 0 Å². The second kappa shape index (κ2) is 10.5. The Morgan fingerprint density at radius 2 is 0.967 bits per heavy atom. The highest BCUT2D eigenvalue weighted by Crippen LogP contribution is 2.14. The molecule has 2 aromatic rings. The van der Waals surface area contributed by atoms with Crippen LogP contribution in [0.4, 0.5) is 4.79 Å². The van der Waals surface area contributed by atoms with E-state index in [-0.39, 0.29) is 23.0 Å². The van der Waals surface area contributed by atoms with E-state index in [4.69, 9.17) is 8.37 Å². The number of hydrogen-bond donors (Lipinski definition) is 0. The van der Waals surface area contributed by atoms with E-state index >= 15 is 0 Å². The van der Waals surface area contributed by atoms with E-state index in [0.29, 0.717) is 0 Å². The first-order chi connectivity index (χ1) is 14.1. The smallest absolute Gasteiger partial charge is 0.432 e. The van der Waals surface area contributed by atoms with Gasteiger partial charge in [0.25, 0.3) is 20.2 Å². The van der Waals surface area contributed by atoms with Gasteiger partial charge in [-0.3, -0.25) is 8.37 Å². The fourth-order valence-electron chi connectivity index (χ4n) is 2.13. The lowest BCUT2D eigenvalue weighted by atomic mass is 10.2. The van der Waals surface area contributed by atoms with Gasteiger partial charge in [0.05, 0.1) is 9.79 Å². The second-order valence-corrected chi connectivity index (χ2v) is 9.36. The average Bonchev–Trinajstić information content (AvgIpc) is 2.69. The SMILES string of the molecule is Cc1ccc(S(=O)(=O)OCCOC(=O)OCCOS(=O)(=O)c2ccc(C)cc2)cc1. The molecule has 0 saturated heterocycles. The Kier molecular flexibility index (Phi) is 8.35. The molecule has 0 saturated carbocycles. The first-order valence-electron chi connectivity index (χ1n) is 8.82. The highest BCUT2D eigenvalue weighted by atomic mass is 32.2. The molecule has 0 aliphatic carbocycles. The summed E-state index contributed by atoms with van der Waals surface area (Å²) in [6.07, 6.45) is -1.11. The molecule has 0 atom stereocenters. The molecule has 0 aliphatic rings. The Hall–Kier alpha value is -2.47. The Balaban J connectivity index is 1.65. The number of rotatable bonds is 10. The number of hydrogen-bond acceptors (Lipinski definition) is 9. The van der Waals surface area contributed by atoms with Gasteiger partial charge in [-0.15, -0.1) is 0 Å². The van der Waals surface area contributed by atoms with Crippen LogP contribution in [0.2, 0.25) is 0 Å². The molecule has 0 radical (unpaired) electrons. The molecule has 9 nitrogen and oxygen atoms in total. The van der Waals surface area contributed by atoms with Crippen molar-refractivity contribution >= 4 is 26.4 Å². The lowest BCUT2D eigenvalue weighted by Gasteiger charge is -2.08. The lowest BCUT2D eigenvalue weighted by Crippen LogP contribution is -2.18. The van der Waals surface area contributed by atoms with E-state index in [2.05, 4.69) is 9.47 Å². The van der Waals surface area contributed by atoms with Crippen LogP contribution in [0, 0.1) is 13.8 Å². The van der Waals surface area contributed by atoms with Gasteiger partial charge in [-0.1, -0.05) is 35.4 Å². The zero-order valence-electron chi connectivity index (χ0n) is 16.4. The molecule has 30 heavy (non-hydrogen) atoms. The van der Waals surface area contributed by atoms with Crippen LogP contribution in [-0.4, -0.2) is 49.4 Å². The van der Waals surface area contributed by atoms with E-state index in [0.717, 1.165) is 11.1 Å². The summed E-state index contributed by atoms with van der Waals surface area (Å²) in [5, 5.41) is 0. The predicted molar refractivity (Wildman–Crippen MR) is 106 cm³/mol. The van der Waals surface area contributed by atoms with Crippen LogP contribution in [0.15, 0.2) is 58.3 Å². The molecule has 0 spiro atoms. The summed E-state index contributed by atoms with van der Waals surface area (Å²) in [6, 6.07) is 12.1. The van der Waals surface area contributed by atoms with Crippen molar-refractivity contribution in [2.24, 2.45) is 0 Å². The molecule has 0 aliphatic heterocycles. The molecule has 164 valence electrons. The van der Waals surface area contributed by atoms with E-state index < -0.39 is 39.6 Å². The van der Waals surface area contributed by atoms with Gasteiger partial charge < -0.3 is 9.47 Å². The minimum Gasteiger partial charge on any atom is -0.432 e. The third kappa shape index (κ3) is 7.41. The largest absolute Gasteiger partial charge is 0.508 e. The van der Waals surface area contributed by atoms with Crippen LogP contribution in [-0.2, 0) is 38.1 Å². The van der Waals surface area contributed by atoms with Crippen molar-refractivity contribution in [2.45, 2.75) is 23.6 Å². The molecule has 0 heterocycles. The minimum atomic E-state index is -3.96. The van der Waals surface area contributed by atoms with Crippen LogP contribution >= 0.6 is 0 Å². The summed E-state index contributed by atoms with van der Waals surface area (Å²) in [7, 11) is -7.92. The van der Waals surface area contributed by atoms with E-state index in [1.807, 2.05) is 13.8 Å². The monoisotopic (exact) mass is 458 g/mol. The topological polar surface area (TPSA) is 122 Å². The van der Waals surface area contributed by atoms with Crippen LogP contribution in [0.3, 0.4) is 0 Å². The van der Waals surface area contributed by atoms with E-state index in [1.165, 1.54) is 24.3 Å². The maximum atomic E-state index is 12.0. The van der Waals surface area contributed by atoms with Gasteiger partial charge in [0, 0.05) is 0 Å². The van der Waals surface area contributed by atoms with Crippen molar-refractivity contribution < 1.29 is 39.5 Å². The van der Waals surface area contributed by atoms with E-state index in [9.17, 15) is 21.6 Å². The maximum absolute atomic E-state index is 12.0. The quantitative estimate of drug-likeness (QED) is 0.300. The molecule has 11 heteroatoms. The molecule has 2 aromatic carbocycles. The van der Waals surface area contributed by atoms with Crippen LogP contribution in [0.1, 0.15) is 11.1 Å². The van der Waals surface area contributed by atoms with Gasteiger partial charge >= 0.3 is 6.16 Å². The van der Waals surface area contributed by atoms with Gasteiger partial charge in [-0.05, 0) is 38.1 Å². The van der Waals surface area contributed by atoms with Gasteiger partial charge in [0.1, 0.15) is 26.4 Å². The summed E-state index contributed by atoms with van der Waals surface area (Å²) in [6.45, 7) is 2.10. The number of benzene rings is 2. The lowest BCUT2D eigenvalue weighted by molar-refractivity contribution is 0.0391. The zero-order chi connectivity index (χ0) is 22.2. The molecule has 0 N–H and O–H groups in total. The molecule has 2 rings (SSSR count). The van der Waals surface area contributed by atoms with Crippen molar-refractivity contribution in [3.63, 3.8) is 0 Å². The summed E-state index contributed by atoms with van der Waals surface area (Å²) in [5.41, 5.74) is 1.80. The molecule has 0 fully saturated rings. The van der Waals surface area contributed by atoms with Crippen LogP contribution in [0.5, 0.6) is 0 Å². The van der Waals surface area contributed by atoms with Gasteiger partial charge in [-0.25, -0.2) is 4.79 Å². The van der Waals surface area contributed by atoms with Crippen molar-refractivity contribution in [3.05, 3.63) is 59.7 Å². The molecule has 0 amide bonds. The fraction of sp³-hybridized carbons (Fsp3) is 0.316. The third-order valence-electron chi connectivity index (χ3n) is 3.70. The molecular formula is C19H22O9S2. The van der Waals surface area contributed by atoms with Crippen molar-refractivity contribution in [1.29, 1.82) is 0 Å². The molecule has 0 bridgehead atoms. The zero-order valence-corrected chi connectivity index (χ0v) is 18.1. The maximum Gasteiger partial charge on any atom is 0.508 e. The van der Waals surface area contributed by atoms with Gasteiger partial charge in [0.2, 0.25) is 0 Å². The number of ether oxygens (including phenoxy) is 2. The first-order valence-corrected chi connectivity index (χ1v) is 11.6. The van der Waals surface area contributed by atoms with Crippen LogP contribution in [0.25, 0.3) is 0 Å². The summed E-state index contributed by atoms with van der Waals surface area (Å²) < 4.78 is 66.7. The molecule has 0 aromatic heterocycles. The Labute approximate surface area is 175 Å². The first kappa shape index (κ1) is 23.8. The highest BCUT2D eigenvalue weighted by molar-refractivity contribution is 7.87. The van der Waals surface area contributed by atoms with E-state index in [1.54, 1.807) is 24.3 Å². The molecular weight excluding hydrogens is 436 g/mol. The minimum absolute atomic E-state index is 0.0115. The number of carbonyl (C=O) groups excluding carboxylic acids is 1. The Morgan fingerprint density at radius 1 is 0.633 bits per heavy atom. The standard InChI is InChI=1S/C19H22O9S2/c1-15-3-7-17(8-4-15)29(21,22)27-13-11-25-19(20)26-12-14-28-30(23,24)18-9-5-16(2)6-10-18/h3-10H,11-14H2,1-2H3. The second-order valence-electron chi connectivity index (χ2n) is 6.13. The van der Waals surface area contributed by atoms with Gasteiger partial charge in [-0.2, -0.15) is 16.8 Å². The van der Waals surface area contributed by atoms with Gasteiger partial charge in [0.15, 0.2) is 0 Å². The summed E-state index contributed by atoms with van der Waals surface area (Å²) in [5.74, 6) is 0. The third-order valence-corrected chi connectivity index (χ3v) is 6.36. The highest BCUT2D eigenvalue weighted by Gasteiger charge is 2.16.